The van der Waals surface area contributed by atoms with E-state index in [1.165, 1.54) is 11.0 Å². The van der Waals surface area contributed by atoms with Crippen LogP contribution in [-0.2, 0) is 24.4 Å². The second-order valence-corrected chi connectivity index (χ2v) is 7.39. The summed E-state index contributed by atoms with van der Waals surface area (Å²) < 4.78 is 41.4. The smallest absolute Gasteiger partial charge is 0.311 e. The maximum Gasteiger partial charge on any atom is 0.416 e. The number of alkyl halides is 3. The molecule has 0 radical (unpaired) electrons. The largest absolute Gasteiger partial charge is 0.416 e. The monoisotopic (exact) mass is 424 g/mol. The van der Waals surface area contributed by atoms with Gasteiger partial charge in [-0.25, -0.2) is 0 Å². The molecule has 5 nitrogen and oxygen atoms in total. The van der Waals surface area contributed by atoms with Crippen molar-refractivity contribution >= 4 is 11.6 Å². The van der Waals surface area contributed by atoms with Crippen LogP contribution >= 0.6 is 0 Å². The van der Waals surface area contributed by atoms with Gasteiger partial charge in [0.25, 0.3) is 0 Å². The fourth-order valence-electron chi connectivity index (χ4n) is 3.58. The Bertz CT molecular complexity index is 857. The summed E-state index contributed by atoms with van der Waals surface area (Å²) in [5.41, 5.74) is 2.41. The molecule has 0 aliphatic heterocycles. The normalized spacial score (nSPS) is 11.9. The summed E-state index contributed by atoms with van der Waals surface area (Å²) in [5, 5.41) is 4.37. The third kappa shape index (κ3) is 5.84. The molecule has 0 spiro atoms. The quantitative estimate of drug-likeness (QED) is 0.601. The zero-order valence-electron chi connectivity index (χ0n) is 18.4. The Hall–Kier alpha value is -2.35. The molecule has 0 aliphatic rings. The third-order valence-electron chi connectivity index (χ3n) is 5.57. The maximum atomic E-state index is 13.2. The molecule has 0 fully saturated rings. The summed E-state index contributed by atoms with van der Waals surface area (Å²) in [5.74, 6) is -0.191. The molecule has 0 bridgehead atoms. The number of aryl methyl sites for hydroxylation is 2. The van der Waals surface area contributed by atoms with E-state index in [1.807, 2.05) is 34.7 Å². The number of hydrogen-bond acceptors (Lipinski definition) is 3. The van der Waals surface area contributed by atoms with Gasteiger partial charge in [-0.2, -0.15) is 18.3 Å². The van der Waals surface area contributed by atoms with Crippen molar-refractivity contribution in [3.05, 3.63) is 46.8 Å². The number of likely N-dealkylation sites (N-methyl/N-ethyl adjacent to an activating group) is 1. The summed E-state index contributed by atoms with van der Waals surface area (Å²) in [6.45, 7) is 10.5. The van der Waals surface area contributed by atoms with Crippen molar-refractivity contribution in [2.45, 2.75) is 46.7 Å². The van der Waals surface area contributed by atoms with Crippen LogP contribution < -0.4 is 4.90 Å². The van der Waals surface area contributed by atoms with Crippen molar-refractivity contribution in [1.82, 2.24) is 14.7 Å². The second-order valence-electron chi connectivity index (χ2n) is 7.39. The molecule has 0 saturated carbocycles. The van der Waals surface area contributed by atoms with Crippen molar-refractivity contribution in [1.29, 1.82) is 0 Å². The van der Waals surface area contributed by atoms with Gasteiger partial charge in [-0.15, -0.1) is 0 Å². The van der Waals surface area contributed by atoms with E-state index in [4.69, 9.17) is 0 Å². The Labute approximate surface area is 176 Å². The van der Waals surface area contributed by atoms with Gasteiger partial charge >= 0.3 is 6.18 Å². The average Bonchev–Trinajstić information content (AvgIpc) is 2.94. The van der Waals surface area contributed by atoms with Crippen LogP contribution in [0.3, 0.4) is 0 Å². The zero-order chi connectivity index (χ0) is 22.5. The lowest BCUT2D eigenvalue weighted by Gasteiger charge is -2.27. The van der Waals surface area contributed by atoms with E-state index < -0.39 is 11.7 Å². The first-order valence-corrected chi connectivity index (χ1v) is 10.3. The summed E-state index contributed by atoms with van der Waals surface area (Å²) in [4.78, 5) is 16.7. The van der Waals surface area contributed by atoms with E-state index in [0.29, 0.717) is 19.5 Å². The molecule has 8 heteroatoms. The van der Waals surface area contributed by atoms with Crippen LogP contribution in [0.5, 0.6) is 0 Å². The minimum atomic E-state index is -4.45. The van der Waals surface area contributed by atoms with Crippen molar-refractivity contribution < 1.29 is 18.0 Å². The molecule has 0 aliphatic carbocycles. The van der Waals surface area contributed by atoms with Crippen LogP contribution in [0.2, 0.25) is 0 Å². The van der Waals surface area contributed by atoms with Gasteiger partial charge in [-0.3, -0.25) is 9.48 Å². The number of hydrogen-bond donors (Lipinski definition) is 0. The second kappa shape index (κ2) is 10.1. The van der Waals surface area contributed by atoms with Crippen molar-refractivity contribution in [3.8, 4) is 0 Å². The van der Waals surface area contributed by atoms with Crippen molar-refractivity contribution in [3.63, 3.8) is 0 Å². The lowest BCUT2D eigenvalue weighted by Crippen LogP contribution is -2.39. The topological polar surface area (TPSA) is 41.4 Å². The first-order valence-electron chi connectivity index (χ1n) is 10.3. The van der Waals surface area contributed by atoms with E-state index in [0.717, 1.165) is 42.2 Å². The van der Waals surface area contributed by atoms with Crippen LogP contribution in [0.15, 0.2) is 24.3 Å². The Morgan fingerprint density at radius 3 is 2.33 bits per heavy atom. The highest BCUT2D eigenvalue weighted by Gasteiger charge is 2.31. The van der Waals surface area contributed by atoms with E-state index in [-0.39, 0.29) is 18.0 Å². The fraction of sp³-hybridized carbons (Fsp3) is 0.545. The molecule has 0 atom stereocenters. The standard InChI is InChI=1S/C22H31F3N4O/c1-6-28(7-2)13-14-29(19-10-8-9-18(15-19)22(23,24)25)21(30)12-11-20-16(3)26-27(5)17(20)4/h8-10,15H,6-7,11-14H2,1-5H3. The molecule has 0 saturated heterocycles. The van der Waals surface area contributed by atoms with E-state index in [2.05, 4.69) is 10.00 Å². The summed E-state index contributed by atoms with van der Waals surface area (Å²) >= 11 is 0. The fourth-order valence-corrected chi connectivity index (χ4v) is 3.58. The number of carbonyl (C=O) groups is 1. The predicted octanol–water partition coefficient (Wildman–Crippen LogP) is 4.36. The number of amides is 1. The van der Waals surface area contributed by atoms with Crippen LogP contribution in [0, 0.1) is 13.8 Å². The minimum Gasteiger partial charge on any atom is -0.311 e. The molecule has 1 amide bonds. The number of anilines is 1. The van der Waals surface area contributed by atoms with E-state index in [9.17, 15) is 18.0 Å². The maximum absolute atomic E-state index is 13.2. The summed E-state index contributed by atoms with van der Waals surface area (Å²) in [7, 11) is 1.85. The lowest BCUT2D eigenvalue weighted by molar-refractivity contribution is -0.137. The molecule has 1 heterocycles. The Morgan fingerprint density at radius 2 is 1.80 bits per heavy atom. The molecule has 166 valence electrons. The van der Waals surface area contributed by atoms with Crippen LogP contribution in [0.25, 0.3) is 0 Å². The minimum absolute atomic E-state index is 0.191. The first kappa shape index (κ1) is 23.9. The molecule has 2 aromatic rings. The van der Waals surface area contributed by atoms with Gasteiger partial charge in [-0.05, 0) is 57.1 Å². The molecule has 0 N–H and O–H groups in total. The van der Waals surface area contributed by atoms with Crippen molar-refractivity contribution in [2.75, 3.05) is 31.1 Å². The average molecular weight is 425 g/mol. The van der Waals surface area contributed by atoms with Crippen LogP contribution in [0.1, 0.15) is 42.8 Å². The Morgan fingerprint density at radius 1 is 1.13 bits per heavy atom. The molecular weight excluding hydrogens is 393 g/mol. The molecule has 2 rings (SSSR count). The summed E-state index contributed by atoms with van der Waals surface area (Å²) in [6, 6.07) is 5.00. The Kier molecular flexibility index (Phi) is 8.06. The zero-order valence-corrected chi connectivity index (χ0v) is 18.4. The lowest BCUT2D eigenvalue weighted by atomic mass is 10.1. The number of benzene rings is 1. The highest BCUT2D eigenvalue weighted by molar-refractivity contribution is 5.93. The molecule has 30 heavy (non-hydrogen) atoms. The summed E-state index contributed by atoms with van der Waals surface area (Å²) in [6.07, 6.45) is -3.74. The van der Waals surface area contributed by atoms with Gasteiger partial charge in [0.1, 0.15) is 0 Å². The number of nitrogens with zero attached hydrogens (tertiary/aromatic N) is 4. The van der Waals surface area contributed by atoms with E-state index in [1.54, 1.807) is 10.7 Å². The highest BCUT2D eigenvalue weighted by atomic mass is 19.4. The molecule has 1 aromatic carbocycles. The third-order valence-corrected chi connectivity index (χ3v) is 5.57. The molecule has 0 unspecified atom stereocenters. The van der Waals surface area contributed by atoms with Crippen LogP contribution in [-0.4, -0.2) is 46.8 Å². The van der Waals surface area contributed by atoms with E-state index >= 15 is 0 Å². The number of carbonyl (C=O) groups excluding carboxylic acids is 1. The van der Waals surface area contributed by atoms with Gasteiger partial charge in [0.15, 0.2) is 0 Å². The molecule has 1 aromatic heterocycles. The highest BCUT2D eigenvalue weighted by Crippen LogP contribution is 2.32. The van der Waals surface area contributed by atoms with Crippen molar-refractivity contribution in [2.24, 2.45) is 7.05 Å². The molecular formula is C22H31F3N4O. The predicted molar refractivity (Wildman–Crippen MR) is 113 cm³/mol. The Balaban J connectivity index is 2.25. The van der Waals surface area contributed by atoms with Gasteiger partial charge in [0.05, 0.1) is 11.3 Å². The number of aromatic nitrogens is 2. The number of rotatable bonds is 9. The van der Waals surface area contributed by atoms with Gasteiger partial charge < -0.3 is 9.80 Å². The van der Waals surface area contributed by atoms with Crippen LogP contribution in [0.4, 0.5) is 18.9 Å². The van der Waals surface area contributed by atoms with Gasteiger partial charge in [0.2, 0.25) is 5.91 Å². The number of halogens is 3. The van der Waals surface area contributed by atoms with Gasteiger partial charge in [0, 0.05) is 37.9 Å². The first-order chi connectivity index (χ1) is 14.1. The SMILES string of the molecule is CCN(CC)CCN(C(=O)CCc1c(C)nn(C)c1C)c1cccc(C(F)(F)F)c1. The van der Waals surface area contributed by atoms with Gasteiger partial charge in [-0.1, -0.05) is 19.9 Å².